The summed E-state index contributed by atoms with van der Waals surface area (Å²) in [6, 6.07) is 27.4. The van der Waals surface area contributed by atoms with Crippen LogP contribution >= 0.6 is 0 Å². The lowest BCUT2D eigenvalue weighted by molar-refractivity contribution is 0.414. The molecule has 0 fully saturated rings. The van der Waals surface area contributed by atoms with Crippen LogP contribution in [0.4, 0.5) is 0 Å². The van der Waals surface area contributed by atoms with E-state index in [9.17, 15) is 4.79 Å². The number of nitrogens with zero attached hydrogens (tertiary/aromatic N) is 4. The van der Waals surface area contributed by atoms with E-state index in [1.54, 1.807) is 17.9 Å². The SMILES string of the molecule is C=CCn1nc(-c2ccccc2)c2c(-c3ccccc3)n(-c3cccc(OC)c3)nc2c1=O. The number of rotatable bonds is 6. The third-order valence-corrected chi connectivity index (χ3v) is 5.47. The molecule has 2 heterocycles. The van der Waals surface area contributed by atoms with Gasteiger partial charge in [-0.15, -0.1) is 6.58 Å². The van der Waals surface area contributed by atoms with E-state index in [0.29, 0.717) is 28.9 Å². The molecule has 3 aromatic carbocycles. The Morgan fingerprint density at radius 3 is 2.27 bits per heavy atom. The van der Waals surface area contributed by atoms with E-state index in [1.165, 1.54) is 4.68 Å². The predicted molar refractivity (Wildman–Crippen MR) is 131 cm³/mol. The molecule has 6 heteroatoms. The molecule has 33 heavy (non-hydrogen) atoms. The zero-order chi connectivity index (χ0) is 22.8. The number of ether oxygens (including phenoxy) is 1. The lowest BCUT2D eigenvalue weighted by atomic mass is 10.0. The molecule has 0 atom stereocenters. The first-order valence-corrected chi connectivity index (χ1v) is 10.6. The average molecular weight is 434 g/mol. The van der Waals surface area contributed by atoms with Crippen molar-refractivity contribution in [1.82, 2.24) is 19.6 Å². The Balaban J connectivity index is 1.95. The maximum absolute atomic E-state index is 13.4. The van der Waals surface area contributed by atoms with Gasteiger partial charge in [-0.25, -0.2) is 9.36 Å². The summed E-state index contributed by atoms with van der Waals surface area (Å²) in [4.78, 5) is 13.4. The fraction of sp³-hybridized carbons (Fsp3) is 0.0741. The fourth-order valence-corrected chi connectivity index (χ4v) is 3.97. The summed E-state index contributed by atoms with van der Waals surface area (Å²) in [7, 11) is 1.63. The molecule has 0 spiro atoms. The average Bonchev–Trinajstić information content (AvgIpc) is 3.28. The van der Waals surface area contributed by atoms with Crippen molar-refractivity contribution >= 4 is 10.9 Å². The highest BCUT2D eigenvalue weighted by molar-refractivity contribution is 6.02. The minimum absolute atomic E-state index is 0.261. The molecule has 2 aromatic heterocycles. The fourth-order valence-electron chi connectivity index (χ4n) is 3.97. The number of aromatic nitrogens is 4. The maximum Gasteiger partial charge on any atom is 0.295 e. The van der Waals surface area contributed by atoms with Gasteiger partial charge in [-0.2, -0.15) is 10.2 Å². The van der Waals surface area contributed by atoms with E-state index in [4.69, 9.17) is 14.9 Å². The molecule has 5 rings (SSSR count). The van der Waals surface area contributed by atoms with Crippen molar-refractivity contribution in [2.24, 2.45) is 0 Å². The van der Waals surface area contributed by atoms with Gasteiger partial charge in [-0.1, -0.05) is 72.8 Å². The number of allylic oxidation sites excluding steroid dienone is 1. The number of methoxy groups -OCH3 is 1. The van der Waals surface area contributed by atoms with Crippen LogP contribution in [-0.2, 0) is 6.54 Å². The number of benzene rings is 3. The highest BCUT2D eigenvalue weighted by Crippen LogP contribution is 2.36. The predicted octanol–water partition coefficient (Wildman–Crippen LogP) is 5.11. The molecule has 5 aromatic rings. The molecule has 0 aliphatic carbocycles. The zero-order valence-corrected chi connectivity index (χ0v) is 18.2. The summed E-state index contributed by atoms with van der Waals surface area (Å²) in [6.07, 6.45) is 1.66. The van der Waals surface area contributed by atoms with Crippen molar-refractivity contribution in [3.05, 3.63) is 108 Å². The van der Waals surface area contributed by atoms with Crippen LogP contribution < -0.4 is 10.3 Å². The molecule has 0 bridgehead atoms. The van der Waals surface area contributed by atoms with Crippen molar-refractivity contribution in [2.45, 2.75) is 6.54 Å². The van der Waals surface area contributed by atoms with E-state index in [-0.39, 0.29) is 5.56 Å². The van der Waals surface area contributed by atoms with Crippen LogP contribution in [0.2, 0.25) is 0 Å². The lowest BCUT2D eigenvalue weighted by Gasteiger charge is -2.11. The minimum Gasteiger partial charge on any atom is -0.497 e. The van der Waals surface area contributed by atoms with E-state index in [2.05, 4.69) is 6.58 Å². The molecule has 0 amide bonds. The Hall–Kier alpha value is -4.45. The number of hydrogen-bond acceptors (Lipinski definition) is 4. The second-order valence-electron chi connectivity index (χ2n) is 7.54. The Labute approximate surface area is 191 Å². The van der Waals surface area contributed by atoms with E-state index in [0.717, 1.165) is 22.5 Å². The third kappa shape index (κ3) is 3.61. The van der Waals surface area contributed by atoms with Crippen LogP contribution in [0.1, 0.15) is 0 Å². The van der Waals surface area contributed by atoms with E-state index >= 15 is 0 Å². The molecule has 0 saturated carbocycles. The summed E-state index contributed by atoms with van der Waals surface area (Å²) in [5.41, 5.74) is 4.22. The van der Waals surface area contributed by atoms with E-state index < -0.39 is 0 Å². The normalized spacial score (nSPS) is 10.9. The van der Waals surface area contributed by atoms with Gasteiger partial charge in [0.25, 0.3) is 5.56 Å². The van der Waals surface area contributed by atoms with Crippen LogP contribution in [0.25, 0.3) is 39.1 Å². The first-order valence-electron chi connectivity index (χ1n) is 10.6. The van der Waals surface area contributed by atoms with Crippen LogP contribution in [0.15, 0.2) is 102 Å². The van der Waals surface area contributed by atoms with Gasteiger partial charge >= 0.3 is 0 Å². The molecule has 0 unspecified atom stereocenters. The van der Waals surface area contributed by atoms with Crippen molar-refractivity contribution in [1.29, 1.82) is 0 Å². The Bertz CT molecular complexity index is 1500. The molecule has 0 N–H and O–H groups in total. The van der Waals surface area contributed by atoms with Crippen LogP contribution in [-0.4, -0.2) is 26.7 Å². The summed E-state index contributed by atoms with van der Waals surface area (Å²) in [6.45, 7) is 4.07. The van der Waals surface area contributed by atoms with Gasteiger partial charge in [-0.3, -0.25) is 4.79 Å². The quantitative estimate of drug-likeness (QED) is 0.349. The minimum atomic E-state index is -0.261. The smallest absolute Gasteiger partial charge is 0.295 e. The molecule has 0 aliphatic heterocycles. The van der Waals surface area contributed by atoms with Gasteiger partial charge in [-0.05, 0) is 12.1 Å². The molecule has 0 radical (unpaired) electrons. The highest BCUT2D eigenvalue weighted by Gasteiger charge is 2.23. The first kappa shape index (κ1) is 20.5. The van der Waals surface area contributed by atoms with Crippen LogP contribution in [0, 0.1) is 0 Å². The van der Waals surface area contributed by atoms with Gasteiger partial charge in [0.2, 0.25) is 0 Å². The monoisotopic (exact) mass is 434 g/mol. The van der Waals surface area contributed by atoms with Gasteiger partial charge in [0.05, 0.1) is 30.4 Å². The van der Waals surface area contributed by atoms with Gasteiger partial charge in [0.15, 0.2) is 5.52 Å². The molecular formula is C27H22N4O2. The summed E-state index contributed by atoms with van der Waals surface area (Å²) in [5.74, 6) is 0.705. The molecule has 0 aliphatic rings. The molecule has 162 valence electrons. The highest BCUT2D eigenvalue weighted by atomic mass is 16.5. The summed E-state index contributed by atoms with van der Waals surface area (Å²) < 4.78 is 8.65. The standard InChI is InChI=1S/C27H22N4O2/c1-3-17-30-27(32)25-23(24(28-30)19-11-6-4-7-12-19)26(20-13-8-5-9-14-20)31(29-25)21-15-10-16-22(18-21)33-2/h3-16,18H,1,17H2,2H3. The largest absolute Gasteiger partial charge is 0.497 e. The summed E-state index contributed by atoms with van der Waals surface area (Å²) in [5, 5.41) is 10.3. The second-order valence-corrected chi connectivity index (χ2v) is 7.54. The molecular weight excluding hydrogens is 412 g/mol. The topological polar surface area (TPSA) is 61.9 Å². The number of fused-ring (bicyclic) bond motifs is 1. The zero-order valence-electron chi connectivity index (χ0n) is 18.2. The van der Waals surface area contributed by atoms with Crippen molar-refractivity contribution in [2.75, 3.05) is 7.11 Å². The second kappa shape index (κ2) is 8.59. The molecule has 6 nitrogen and oxygen atoms in total. The summed E-state index contributed by atoms with van der Waals surface area (Å²) >= 11 is 0. The third-order valence-electron chi connectivity index (χ3n) is 5.47. The van der Waals surface area contributed by atoms with Gasteiger partial charge in [0, 0.05) is 17.2 Å². The lowest BCUT2D eigenvalue weighted by Crippen LogP contribution is -2.23. The van der Waals surface area contributed by atoms with Crippen molar-refractivity contribution in [3.8, 4) is 34.0 Å². The van der Waals surface area contributed by atoms with Crippen molar-refractivity contribution in [3.63, 3.8) is 0 Å². The van der Waals surface area contributed by atoms with Crippen molar-refractivity contribution < 1.29 is 4.74 Å². The van der Waals surface area contributed by atoms with Crippen LogP contribution in [0.5, 0.6) is 5.75 Å². The Morgan fingerprint density at radius 1 is 0.909 bits per heavy atom. The Morgan fingerprint density at radius 2 is 1.61 bits per heavy atom. The number of hydrogen-bond donors (Lipinski definition) is 0. The van der Waals surface area contributed by atoms with Gasteiger partial charge in [0.1, 0.15) is 11.4 Å². The van der Waals surface area contributed by atoms with E-state index in [1.807, 2.05) is 84.9 Å². The van der Waals surface area contributed by atoms with Crippen LogP contribution in [0.3, 0.4) is 0 Å². The maximum atomic E-state index is 13.4. The van der Waals surface area contributed by atoms with Gasteiger partial charge < -0.3 is 4.74 Å². The Kier molecular flexibility index (Phi) is 5.32. The molecule has 0 saturated heterocycles. The first-order chi connectivity index (χ1) is 16.2.